The molecule has 1 unspecified atom stereocenters. The minimum atomic E-state index is -0.558. The average molecular weight is 358 g/mol. The predicted octanol–water partition coefficient (Wildman–Crippen LogP) is 2.69. The molecule has 0 radical (unpaired) electrons. The van der Waals surface area contributed by atoms with Gasteiger partial charge in [0, 0.05) is 18.8 Å². The predicted molar refractivity (Wildman–Crippen MR) is 103 cm³/mol. The van der Waals surface area contributed by atoms with E-state index >= 15 is 0 Å². The second-order valence-electron chi connectivity index (χ2n) is 7.07. The van der Waals surface area contributed by atoms with E-state index < -0.39 is 6.10 Å². The SMILES string of the molecule is Cc1ccc(C)c(OC(C)C(=O)N(CCN(C)C)Cc2nc[nH]c2C)c1. The first-order chi connectivity index (χ1) is 12.3. The van der Waals surface area contributed by atoms with Gasteiger partial charge in [0.1, 0.15) is 5.75 Å². The molecule has 1 N–H and O–H groups in total. The molecule has 0 aliphatic rings. The molecule has 1 aromatic carbocycles. The van der Waals surface area contributed by atoms with Gasteiger partial charge in [0.05, 0.1) is 18.6 Å². The fourth-order valence-corrected chi connectivity index (χ4v) is 2.65. The van der Waals surface area contributed by atoms with Gasteiger partial charge < -0.3 is 19.5 Å². The van der Waals surface area contributed by atoms with Crippen LogP contribution in [0.2, 0.25) is 0 Å². The third-order valence-electron chi connectivity index (χ3n) is 4.40. The highest BCUT2D eigenvalue weighted by Crippen LogP contribution is 2.21. The van der Waals surface area contributed by atoms with E-state index in [1.165, 1.54) is 0 Å². The van der Waals surface area contributed by atoms with Crippen molar-refractivity contribution >= 4 is 5.91 Å². The van der Waals surface area contributed by atoms with Gasteiger partial charge in [-0.2, -0.15) is 0 Å². The van der Waals surface area contributed by atoms with Crippen molar-refractivity contribution in [3.8, 4) is 5.75 Å². The van der Waals surface area contributed by atoms with Gasteiger partial charge >= 0.3 is 0 Å². The lowest BCUT2D eigenvalue weighted by atomic mass is 10.1. The van der Waals surface area contributed by atoms with E-state index in [-0.39, 0.29) is 5.91 Å². The first-order valence-corrected chi connectivity index (χ1v) is 8.94. The van der Waals surface area contributed by atoms with Crippen molar-refractivity contribution in [2.24, 2.45) is 0 Å². The standard InChI is InChI=1S/C20H30N4O2/c1-14-7-8-15(2)19(11-14)26-17(4)20(25)24(10-9-23(5)6)12-18-16(3)21-13-22-18/h7-8,11,13,17H,9-10,12H2,1-6H3,(H,21,22). The van der Waals surface area contributed by atoms with Crippen LogP contribution in [0.4, 0.5) is 0 Å². The lowest BCUT2D eigenvalue weighted by molar-refractivity contribution is -0.138. The Balaban J connectivity index is 2.12. The van der Waals surface area contributed by atoms with Gasteiger partial charge in [-0.1, -0.05) is 12.1 Å². The first kappa shape index (κ1) is 20.0. The van der Waals surface area contributed by atoms with Crippen LogP contribution in [0.15, 0.2) is 24.5 Å². The van der Waals surface area contributed by atoms with Crippen molar-refractivity contribution in [1.82, 2.24) is 19.8 Å². The van der Waals surface area contributed by atoms with Gasteiger partial charge in [0.15, 0.2) is 6.10 Å². The summed E-state index contributed by atoms with van der Waals surface area (Å²) >= 11 is 0. The number of benzene rings is 1. The molecule has 142 valence electrons. The normalized spacial score (nSPS) is 12.3. The second-order valence-corrected chi connectivity index (χ2v) is 7.07. The largest absolute Gasteiger partial charge is 0.481 e. The number of aryl methyl sites for hydroxylation is 3. The quantitative estimate of drug-likeness (QED) is 0.788. The number of likely N-dealkylation sites (N-methyl/N-ethyl adjacent to an activating group) is 1. The first-order valence-electron chi connectivity index (χ1n) is 8.94. The van der Waals surface area contributed by atoms with Crippen molar-refractivity contribution in [3.05, 3.63) is 47.0 Å². The van der Waals surface area contributed by atoms with Crippen LogP contribution in [0.25, 0.3) is 0 Å². The third kappa shape index (κ3) is 5.33. The molecule has 26 heavy (non-hydrogen) atoms. The molecule has 6 heteroatoms. The number of hydrogen-bond acceptors (Lipinski definition) is 4. The Morgan fingerprint density at radius 3 is 2.58 bits per heavy atom. The Bertz CT molecular complexity index is 739. The van der Waals surface area contributed by atoms with E-state index in [2.05, 4.69) is 14.9 Å². The van der Waals surface area contributed by atoms with E-state index in [9.17, 15) is 4.79 Å². The van der Waals surface area contributed by atoms with E-state index in [1.54, 1.807) is 6.33 Å². The molecule has 1 heterocycles. The molecule has 0 aliphatic heterocycles. The smallest absolute Gasteiger partial charge is 0.263 e. The van der Waals surface area contributed by atoms with Crippen molar-refractivity contribution in [3.63, 3.8) is 0 Å². The number of H-pyrrole nitrogens is 1. The number of amides is 1. The molecule has 0 fully saturated rings. The number of aromatic nitrogens is 2. The Morgan fingerprint density at radius 2 is 1.96 bits per heavy atom. The summed E-state index contributed by atoms with van der Waals surface area (Å²) in [6.45, 7) is 9.66. The van der Waals surface area contributed by atoms with Crippen LogP contribution < -0.4 is 4.74 Å². The molecular formula is C20H30N4O2. The molecule has 2 aromatic rings. The highest BCUT2D eigenvalue weighted by atomic mass is 16.5. The molecule has 0 spiro atoms. The number of carbonyl (C=O) groups excluding carboxylic acids is 1. The number of rotatable bonds is 8. The van der Waals surface area contributed by atoms with Crippen LogP contribution in [0.3, 0.4) is 0 Å². The number of imidazole rings is 1. The van der Waals surface area contributed by atoms with E-state index in [0.717, 1.165) is 34.8 Å². The Hall–Kier alpha value is -2.34. The monoisotopic (exact) mass is 358 g/mol. The topological polar surface area (TPSA) is 61.5 Å². The Kier molecular flexibility index (Phi) is 6.80. The van der Waals surface area contributed by atoms with Crippen LogP contribution in [-0.4, -0.2) is 59.0 Å². The van der Waals surface area contributed by atoms with E-state index in [0.29, 0.717) is 13.1 Å². The van der Waals surface area contributed by atoms with Crippen molar-refractivity contribution in [2.45, 2.75) is 40.3 Å². The van der Waals surface area contributed by atoms with Crippen LogP contribution in [0.1, 0.15) is 29.4 Å². The Labute approximate surface area is 156 Å². The summed E-state index contributed by atoms with van der Waals surface area (Å²) in [4.78, 5) is 24.3. The fourth-order valence-electron chi connectivity index (χ4n) is 2.65. The molecule has 0 saturated heterocycles. The van der Waals surface area contributed by atoms with Crippen molar-refractivity contribution in [1.29, 1.82) is 0 Å². The zero-order valence-corrected chi connectivity index (χ0v) is 16.7. The molecule has 1 amide bonds. The maximum Gasteiger partial charge on any atom is 0.263 e. The van der Waals surface area contributed by atoms with Crippen LogP contribution in [-0.2, 0) is 11.3 Å². The van der Waals surface area contributed by atoms with Gasteiger partial charge in [-0.15, -0.1) is 0 Å². The van der Waals surface area contributed by atoms with E-state index in [4.69, 9.17) is 4.74 Å². The summed E-state index contributed by atoms with van der Waals surface area (Å²) in [6, 6.07) is 6.03. The summed E-state index contributed by atoms with van der Waals surface area (Å²) in [6.07, 6.45) is 1.10. The summed E-state index contributed by atoms with van der Waals surface area (Å²) in [5.74, 6) is 0.726. The number of aromatic amines is 1. The summed E-state index contributed by atoms with van der Waals surface area (Å²) in [5, 5.41) is 0. The second kappa shape index (κ2) is 8.85. The Morgan fingerprint density at radius 1 is 1.23 bits per heavy atom. The van der Waals surface area contributed by atoms with Gasteiger partial charge in [-0.25, -0.2) is 4.98 Å². The maximum absolute atomic E-state index is 13.0. The van der Waals surface area contributed by atoms with Gasteiger partial charge in [-0.3, -0.25) is 4.79 Å². The number of carbonyl (C=O) groups is 1. The molecular weight excluding hydrogens is 328 g/mol. The summed E-state index contributed by atoms with van der Waals surface area (Å²) in [7, 11) is 4.00. The van der Waals surface area contributed by atoms with Crippen LogP contribution in [0.5, 0.6) is 5.75 Å². The highest BCUT2D eigenvalue weighted by Gasteiger charge is 2.24. The maximum atomic E-state index is 13.0. The number of nitrogens with zero attached hydrogens (tertiary/aromatic N) is 3. The molecule has 1 aromatic heterocycles. The van der Waals surface area contributed by atoms with E-state index in [1.807, 2.05) is 64.9 Å². The molecule has 0 aliphatic carbocycles. The molecule has 0 saturated carbocycles. The van der Waals surface area contributed by atoms with Gasteiger partial charge in [0.25, 0.3) is 5.91 Å². The molecule has 6 nitrogen and oxygen atoms in total. The molecule has 0 bridgehead atoms. The number of hydrogen-bond donors (Lipinski definition) is 1. The van der Waals surface area contributed by atoms with Gasteiger partial charge in [0.2, 0.25) is 0 Å². The lowest BCUT2D eigenvalue weighted by Crippen LogP contribution is -2.43. The highest BCUT2D eigenvalue weighted by molar-refractivity contribution is 5.81. The summed E-state index contributed by atoms with van der Waals surface area (Å²) in [5.41, 5.74) is 4.01. The zero-order chi connectivity index (χ0) is 19.3. The average Bonchev–Trinajstić information content (AvgIpc) is 2.98. The van der Waals surface area contributed by atoms with Crippen LogP contribution >= 0.6 is 0 Å². The third-order valence-corrected chi connectivity index (χ3v) is 4.40. The summed E-state index contributed by atoms with van der Waals surface area (Å²) < 4.78 is 5.99. The van der Waals surface area contributed by atoms with Crippen LogP contribution in [0, 0.1) is 20.8 Å². The van der Waals surface area contributed by atoms with Crippen molar-refractivity contribution in [2.75, 3.05) is 27.2 Å². The lowest BCUT2D eigenvalue weighted by Gasteiger charge is -2.27. The molecule has 1 atom stereocenters. The minimum absolute atomic E-state index is 0.0323. The number of ether oxygens (including phenoxy) is 1. The fraction of sp³-hybridized carbons (Fsp3) is 0.500. The van der Waals surface area contributed by atoms with Crippen molar-refractivity contribution < 1.29 is 9.53 Å². The van der Waals surface area contributed by atoms with Gasteiger partial charge in [-0.05, 0) is 59.0 Å². The molecule has 2 rings (SSSR count). The zero-order valence-electron chi connectivity index (χ0n) is 16.7. The number of nitrogens with one attached hydrogen (secondary N) is 1. The minimum Gasteiger partial charge on any atom is -0.481 e.